The number of halogens is 1. The van der Waals surface area contributed by atoms with Crippen LogP contribution in [0.15, 0.2) is 72.8 Å². The van der Waals surface area contributed by atoms with Gasteiger partial charge in [-0.3, -0.25) is 4.79 Å². The lowest BCUT2D eigenvalue weighted by molar-refractivity contribution is 0.102. The Labute approximate surface area is 195 Å². The van der Waals surface area contributed by atoms with Gasteiger partial charge in [0.05, 0.1) is 17.3 Å². The number of hydrogen-bond donors (Lipinski definition) is 1. The van der Waals surface area contributed by atoms with Crippen molar-refractivity contribution < 1.29 is 9.53 Å². The molecule has 1 N–H and O–H groups in total. The van der Waals surface area contributed by atoms with E-state index in [4.69, 9.17) is 16.3 Å². The smallest absolute Gasteiger partial charge is 0.255 e. The van der Waals surface area contributed by atoms with E-state index in [9.17, 15) is 4.79 Å². The number of fused-ring (bicyclic) bond motifs is 2. The van der Waals surface area contributed by atoms with Crippen molar-refractivity contribution in [3.63, 3.8) is 0 Å². The van der Waals surface area contributed by atoms with Gasteiger partial charge in [0, 0.05) is 16.6 Å². The Bertz CT molecular complexity index is 1500. The molecule has 0 saturated heterocycles. The number of aryl methyl sites for hydroxylation is 1. The highest BCUT2D eigenvalue weighted by Crippen LogP contribution is 2.28. The molecule has 0 radical (unpaired) electrons. The van der Waals surface area contributed by atoms with E-state index in [2.05, 4.69) is 33.7 Å². The fraction of sp³-hybridized carbons (Fsp3) is 0.115. The van der Waals surface area contributed by atoms with E-state index in [1.165, 1.54) is 0 Å². The van der Waals surface area contributed by atoms with Crippen molar-refractivity contribution in [1.82, 2.24) is 15.0 Å². The summed E-state index contributed by atoms with van der Waals surface area (Å²) >= 11 is 6.24. The first-order valence-electron chi connectivity index (χ1n) is 10.6. The lowest BCUT2D eigenvalue weighted by Gasteiger charge is -2.10. The number of amides is 1. The molecule has 4 aromatic carbocycles. The van der Waals surface area contributed by atoms with Gasteiger partial charge in [0.2, 0.25) is 0 Å². The zero-order valence-electron chi connectivity index (χ0n) is 18.2. The quantitative estimate of drug-likeness (QED) is 0.342. The summed E-state index contributed by atoms with van der Waals surface area (Å²) in [7, 11) is 0. The number of hydrogen-bond acceptors (Lipinski definition) is 4. The van der Waals surface area contributed by atoms with E-state index in [0.29, 0.717) is 34.1 Å². The average Bonchev–Trinajstić information content (AvgIpc) is 3.22. The molecule has 0 aliphatic rings. The summed E-state index contributed by atoms with van der Waals surface area (Å²) in [6.07, 6.45) is 0. The van der Waals surface area contributed by atoms with Crippen LogP contribution in [0, 0.1) is 6.92 Å². The third-order valence-corrected chi connectivity index (χ3v) is 5.75. The van der Waals surface area contributed by atoms with E-state index in [1.807, 2.05) is 50.2 Å². The number of carbonyl (C=O) groups excluding carboxylic acids is 1. The molecule has 33 heavy (non-hydrogen) atoms. The number of ether oxygens (including phenoxy) is 1. The number of nitrogens with zero attached hydrogens (tertiary/aromatic N) is 3. The summed E-state index contributed by atoms with van der Waals surface area (Å²) in [5.74, 6) is 0.294. The van der Waals surface area contributed by atoms with Gasteiger partial charge in [0.1, 0.15) is 16.8 Å². The second-order valence-electron chi connectivity index (χ2n) is 7.68. The summed E-state index contributed by atoms with van der Waals surface area (Å²) < 4.78 is 5.44. The molecule has 0 bridgehead atoms. The van der Waals surface area contributed by atoms with E-state index >= 15 is 0 Å². The predicted octanol–water partition coefficient (Wildman–Crippen LogP) is 6.19. The summed E-state index contributed by atoms with van der Waals surface area (Å²) in [6.45, 7) is 4.31. The van der Waals surface area contributed by atoms with Crippen LogP contribution in [0.4, 0.5) is 5.69 Å². The second kappa shape index (κ2) is 8.56. The molecular formula is C26H21ClN4O2. The molecule has 5 rings (SSSR count). The van der Waals surface area contributed by atoms with E-state index in [-0.39, 0.29) is 5.91 Å². The summed E-state index contributed by atoms with van der Waals surface area (Å²) in [5.41, 5.74) is 4.34. The van der Waals surface area contributed by atoms with Crippen LogP contribution in [0.25, 0.3) is 27.5 Å². The molecule has 0 aliphatic carbocycles. The zero-order chi connectivity index (χ0) is 22.9. The second-order valence-corrected chi connectivity index (χ2v) is 8.08. The molecule has 0 aliphatic heterocycles. The standard InChI is InChI=1S/C26H21ClN4O2/c1-3-33-25-12-11-18(14-20(25)27)26(32)28-21-15-23-22(13-16(21)2)29-31(30-23)24-10-6-8-17-7-4-5-9-19(17)24/h4-15H,3H2,1-2H3,(H,28,32). The molecule has 0 fully saturated rings. The molecule has 1 heterocycles. The van der Waals surface area contributed by atoms with Crippen molar-refractivity contribution in [1.29, 1.82) is 0 Å². The topological polar surface area (TPSA) is 69.0 Å². The van der Waals surface area contributed by atoms with Crippen molar-refractivity contribution in [2.45, 2.75) is 13.8 Å². The molecule has 1 amide bonds. The van der Waals surface area contributed by atoms with Crippen LogP contribution in [-0.2, 0) is 0 Å². The number of aromatic nitrogens is 3. The van der Waals surface area contributed by atoms with Gasteiger partial charge >= 0.3 is 0 Å². The minimum atomic E-state index is -0.260. The third-order valence-electron chi connectivity index (χ3n) is 5.45. The lowest BCUT2D eigenvalue weighted by atomic mass is 10.1. The monoisotopic (exact) mass is 456 g/mol. The third kappa shape index (κ3) is 4.01. The van der Waals surface area contributed by atoms with Gasteiger partial charge in [-0.1, -0.05) is 48.0 Å². The molecular weight excluding hydrogens is 436 g/mol. The molecule has 1 aromatic heterocycles. The maximum absolute atomic E-state index is 12.8. The van der Waals surface area contributed by atoms with Gasteiger partial charge in [-0.15, -0.1) is 15.0 Å². The molecule has 164 valence electrons. The Morgan fingerprint density at radius 1 is 1.00 bits per heavy atom. The van der Waals surface area contributed by atoms with Crippen LogP contribution in [0.3, 0.4) is 0 Å². The highest BCUT2D eigenvalue weighted by atomic mass is 35.5. The molecule has 6 nitrogen and oxygen atoms in total. The van der Waals surface area contributed by atoms with Crippen molar-refractivity contribution in [3.8, 4) is 11.4 Å². The number of benzene rings is 4. The number of nitrogens with one attached hydrogen (secondary N) is 1. The predicted molar refractivity (Wildman–Crippen MR) is 132 cm³/mol. The molecule has 0 unspecified atom stereocenters. The van der Waals surface area contributed by atoms with E-state index in [1.54, 1.807) is 23.0 Å². The Balaban J connectivity index is 1.47. The minimum absolute atomic E-state index is 0.260. The van der Waals surface area contributed by atoms with Crippen LogP contribution in [-0.4, -0.2) is 27.5 Å². The van der Waals surface area contributed by atoms with E-state index < -0.39 is 0 Å². The first kappa shape index (κ1) is 21.0. The van der Waals surface area contributed by atoms with Crippen LogP contribution < -0.4 is 10.1 Å². The molecule has 7 heteroatoms. The average molecular weight is 457 g/mol. The first-order valence-corrected chi connectivity index (χ1v) is 11.0. The van der Waals surface area contributed by atoms with Crippen LogP contribution >= 0.6 is 11.6 Å². The molecule has 0 atom stereocenters. The van der Waals surface area contributed by atoms with Gasteiger partial charge in [-0.05, 0) is 61.2 Å². The van der Waals surface area contributed by atoms with Crippen molar-refractivity contribution in [2.24, 2.45) is 0 Å². The number of rotatable bonds is 5. The van der Waals surface area contributed by atoms with Crippen molar-refractivity contribution >= 4 is 45.0 Å². The van der Waals surface area contributed by atoms with Gasteiger partial charge < -0.3 is 10.1 Å². The molecule has 0 saturated carbocycles. The van der Waals surface area contributed by atoms with Crippen molar-refractivity contribution in [2.75, 3.05) is 11.9 Å². The lowest BCUT2D eigenvalue weighted by Crippen LogP contribution is -2.13. The fourth-order valence-corrected chi connectivity index (χ4v) is 4.04. The SMILES string of the molecule is CCOc1ccc(C(=O)Nc2cc3nn(-c4cccc5ccccc45)nc3cc2C)cc1Cl. The van der Waals surface area contributed by atoms with Crippen LogP contribution in [0.2, 0.25) is 5.02 Å². The number of anilines is 1. The van der Waals surface area contributed by atoms with E-state index in [0.717, 1.165) is 27.5 Å². The van der Waals surface area contributed by atoms with Gasteiger partial charge in [0.25, 0.3) is 5.91 Å². The summed E-state index contributed by atoms with van der Waals surface area (Å²) in [5, 5.41) is 14.9. The Kier molecular flexibility index (Phi) is 5.44. The highest BCUT2D eigenvalue weighted by molar-refractivity contribution is 6.32. The van der Waals surface area contributed by atoms with Gasteiger partial charge in [0.15, 0.2) is 0 Å². The van der Waals surface area contributed by atoms with Crippen LogP contribution in [0.1, 0.15) is 22.8 Å². The Morgan fingerprint density at radius 2 is 1.76 bits per heavy atom. The maximum atomic E-state index is 12.8. The largest absolute Gasteiger partial charge is 0.492 e. The van der Waals surface area contributed by atoms with Crippen LogP contribution in [0.5, 0.6) is 5.75 Å². The Morgan fingerprint density at radius 3 is 2.55 bits per heavy atom. The van der Waals surface area contributed by atoms with Gasteiger partial charge in [-0.2, -0.15) is 0 Å². The normalized spacial score (nSPS) is 11.1. The summed E-state index contributed by atoms with van der Waals surface area (Å²) in [4.78, 5) is 14.5. The molecule has 5 aromatic rings. The summed E-state index contributed by atoms with van der Waals surface area (Å²) in [6, 6.07) is 22.9. The minimum Gasteiger partial charge on any atom is -0.492 e. The number of carbonyl (C=O) groups is 1. The maximum Gasteiger partial charge on any atom is 0.255 e. The molecule has 0 spiro atoms. The highest BCUT2D eigenvalue weighted by Gasteiger charge is 2.14. The van der Waals surface area contributed by atoms with Gasteiger partial charge in [-0.25, -0.2) is 0 Å². The fourth-order valence-electron chi connectivity index (χ4n) is 3.80. The first-order chi connectivity index (χ1) is 16.0. The Hall–Kier alpha value is -3.90. The zero-order valence-corrected chi connectivity index (χ0v) is 18.9. The van der Waals surface area contributed by atoms with Crippen molar-refractivity contribution in [3.05, 3.63) is 88.9 Å².